The lowest BCUT2D eigenvalue weighted by Crippen LogP contribution is -2.33. The van der Waals surface area contributed by atoms with Crippen LogP contribution in [0.1, 0.15) is 52.9 Å². The van der Waals surface area contributed by atoms with Gasteiger partial charge < -0.3 is 4.74 Å². The van der Waals surface area contributed by atoms with E-state index in [0.717, 1.165) is 36.2 Å². The van der Waals surface area contributed by atoms with Crippen LogP contribution in [0.2, 0.25) is 0 Å². The van der Waals surface area contributed by atoms with Crippen molar-refractivity contribution in [3.05, 3.63) is 23.5 Å². The molecule has 0 N–H and O–H groups in total. The number of rotatable bonds is 7. The maximum atomic E-state index is 11.9. The number of ether oxygens (including phenoxy) is 1. The smallest absolute Gasteiger partial charge is 0.335 e. The molecule has 0 spiro atoms. The number of carbonyl (C=O) groups is 3. The summed E-state index contributed by atoms with van der Waals surface area (Å²) in [5.74, 6) is -0.910. The lowest BCUT2D eigenvalue weighted by atomic mass is 10.1. The SMILES string of the molecule is CCCCCCC(=O)N1CC(OC(=O)C=C(C)C)=CC1=O. The fraction of sp³-hybridized carbons (Fsp3) is 0.562. The normalized spacial score (nSPS) is 14.0. The highest BCUT2D eigenvalue weighted by molar-refractivity contribution is 6.03. The van der Waals surface area contributed by atoms with E-state index in [1.165, 1.54) is 12.2 Å². The zero-order valence-electron chi connectivity index (χ0n) is 13.0. The van der Waals surface area contributed by atoms with E-state index in [-0.39, 0.29) is 18.2 Å². The summed E-state index contributed by atoms with van der Waals surface area (Å²) < 4.78 is 5.05. The van der Waals surface area contributed by atoms with Crippen LogP contribution in [-0.2, 0) is 19.1 Å². The fourth-order valence-electron chi connectivity index (χ4n) is 2.00. The molecule has 1 aliphatic heterocycles. The van der Waals surface area contributed by atoms with Crippen molar-refractivity contribution in [2.75, 3.05) is 6.54 Å². The van der Waals surface area contributed by atoms with Gasteiger partial charge in [-0.3, -0.25) is 14.5 Å². The van der Waals surface area contributed by atoms with Gasteiger partial charge in [-0.1, -0.05) is 31.8 Å². The molecule has 0 aromatic rings. The molecule has 1 aliphatic rings. The Morgan fingerprint density at radius 2 is 2.00 bits per heavy atom. The first-order valence-electron chi connectivity index (χ1n) is 7.35. The molecule has 116 valence electrons. The van der Waals surface area contributed by atoms with E-state index in [1.807, 2.05) is 0 Å². The largest absolute Gasteiger partial charge is 0.426 e. The lowest BCUT2D eigenvalue weighted by molar-refractivity contribution is -0.142. The van der Waals surface area contributed by atoms with E-state index < -0.39 is 11.9 Å². The molecule has 0 unspecified atom stereocenters. The maximum absolute atomic E-state index is 11.9. The first-order chi connectivity index (χ1) is 9.93. The third kappa shape index (κ3) is 5.94. The molecule has 0 fully saturated rings. The van der Waals surface area contributed by atoms with Crippen molar-refractivity contribution in [2.45, 2.75) is 52.9 Å². The van der Waals surface area contributed by atoms with Crippen LogP contribution in [0.25, 0.3) is 0 Å². The Labute approximate surface area is 125 Å². The van der Waals surface area contributed by atoms with Gasteiger partial charge in [-0.25, -0.2) is 4.79 Å². The topological polar surface area (TPSA) is 63.7 Å². The summed E-state index contributed by atoms with van der Waals surface area (Å²) in [4.78, 5) is 36.3. The third-order valence-corrected chi connectivity index (χ3v) is 3.05. The predicted octanol–water partition coefficient (Wildman–Crippen LogP) is 2.72. The molecule has 0 bridgehead atoms. The molecule has 1 rings (SSSR count). The standard InChI is InChI=1S/C16H23NO4/c1-4-5-6-7-8-14(18)17-11-13(10-15(17)19)21-16(20)9-12(2)3/h9-10H,4-8,11H2,1-3H3. The van der Waals surface area contributed by atoms with E-state index in [4.69, 9.17) is 4.74 Å². The van der Waals surface area contributed by atoms with Crippen LogP contribution in [0.15, 0.2) is 23.5 Å². The number of carbonyl (C=O) groups excluding carboxylic acids is 3. The summed E-state index contributed by atoms with van der Waals surface area (Å²) in [5.41, 5.74) is 0.814. The Hall–Kier alpha value is -1.91. The Morgan fingerprint density at radius 3 is 2.62 bits per heavy atom. The highest BCUT2D eigenvalue weighted by Gasteiger charge is 2.28. The maximum Gasteiger partial charge on any atom is 0.335 e. The molecule has 0 atom stereocenters. The van der Waals surface area contributed by atoms with E-state index in [0.29, 0.717) is 6.42 Å². The molecule has 5 nitrogen and oxygen atoms in total. The molecule has 0 saturated heterocycles. The van der Waals surface area contributed by atoms with E-state index in [2.05, 4.69) is 6.92 Å². The zero-order chi connectivity index (χ0) is 15.8. The van der Waals surface area contributed by atoms with Crippen molar-refractivity contribution in [3.8, 4) is 0 Å². The highest BCUT2D eigenvalue weighted by atomic mass is 16.5. The number of hydrogen-bond donors (Lipinski definition) is 0. The second-order valence-electron chi connectivity index (χ2n) is 5.38. The van der Waals surface area contributed by atoms with Gasteiger partial charge in [0.15, 0.2) is 0 Å². The second kappa shape index (κ2) is 8.39. The minimum absolute atomic E-state index is 0.0494. The summed E-state index contributed by atoms with van der Waals surface area (Å²) in [5, 5.41) is 0. The van der Waals surface area contributed by atoms with Crippen LogP contribution < -0.4 is 0 Å². The van der Waals surface area contributed by atoms with Gasteiger partial charge in [-0.05, 0) is 20.3 Å². The number of imide groups is 1. The van der Waals surface area contributed by atoms with Crippen LogP contribution in [0.5, 0.6) is 0 Å². The van der Waals surface area contributed by atoms with Crippen molar-refractivity contribution >= 4 is 17.8 Å². The number of amides is 2. The molecule has 0 aliphatic carbocycles. The molecule has 0 radical (unpaired) electrons. The van der Waals surface area contributed by atoms with E-state index in [1.54, 1.807) is 13.8 Å². The number of allylic oxidation sites excluding steroid dienone is 1. The Bertz CT molecular complexity index is 473. The van der Waals surface area contributed by atoms with Crippen LogP contribution in [-0.4, -0.2) is 29.2 Å². The van der Waals surface area contributed by atoms with Gasteiger partial charge in [0, 0.05) is 18.6 Å². The van der Waals surface area contributed by atoms with Crippen molar-refractivity contribution in [2.24, 2.45) is 0 Å². The van der Waals surface area contributed by atoms with Crippen LogP contribution in [0.3, 0.4) is 0 Å². The Morgan fingerprint density at radius 1 is 1.29 bits per heavy atom. The van der Waals surface area contributed by atoms with Crippen LogP contribution >= 0.6 is 0 Å². The molecule has 21 heavy (non-hydrogen) atoms. The first-order valence-corrected chi connectivity index (χ1v) is 7.35. The van der Waals surface area contributed by atoms with Gasteiger partial charge in [0.1, 0.15) is 5.76 Å². The van der Waals surface area contributed by atoms with Crippen LogP contribution in [0.4, 0.5) is 0 Å². The van der Waals surface area contributed by atoms with Gasteiger partial charge in [0.2, 0.25) is 5.91 Å². The first kappa shape index (κ1) is 17.1. The predicted molar refractivity (Wildman–Crippen MR) is 79.1 cm³/mol. The van der Waals surface area contributed by atoms with Gasteiger partial charge in [-0.2, -0.15) is 0 Å². The molecular formula is C16H23NO4. The molecular weight excluding hydrogens is 270 g/mol. The highest BCUT2D eigenvalue weighted by Crippen LogP contribution is 2.15. The minimum atomic E-state index is -0.522. The van der Waals surface area contributed by atoms with Crippen molar-refractivity contribution < 1.29 is 19.1 Å². The number of hydrogen-bond acceptors (Lipinski definition) is 4. The average molecular weight is 293 g/mol. The van der Waals surface area contributed by atoms with Crippen LogP contribution in [0, 0.1) is 0 Å². The molecule has 1 heterocycles. The van der Waals surface area contributed by atoms with Crippen molar-refractivity contribution in [1.29, 1.82) is 0 Å². The quantitative estimate of drug-likeness (QED) is 0.411. The minimum Gasteiger partial charge on any atom is -0.426 e. The number of unbranched alkanes of at least 4 members (excludes halogenated alkanes) is 3. The number of nitrogens with zero attached hydrogens (tertiary/aromatic N) is 1. The summed E-state index contributed by atoms with van der Waals surface area (Å²) in [6.07, 6.45) is 6.87. The van der Waals surface area contributed by atoms with E-state index in [9.17, 15) is 14.4 Å². The monoisotopic (exact) mass is 293 g/mol. The van der Waals surface area contributed by atoms with Gasteiger partial charge in [0.25, 0.3) is 5.91 Å². The molecule has 0 aromatic carbocycles. The third-order valence-electron chi connectivity index (χ3n) is 3.05. The number of esters is 1. The average Bonchev–Trinajstić information content (AvgIpc) is 2.74. The molecule has 0 saturated carbocycles. The summed E-state index contributed by atoms with van der Waals surface area (Å²) in [6.45, 7) is 5.71. The summed E-state index contributed by atoms with van der Waals surface area (Å²) >= 11 is 0. The van der Waals surface area contributed by atoms with Crippen molar-refractivity contribution in [3.63, 3.8) is 0 Å². The van der Waals surface area contributed by atoms with Gasteiger partial charge >= 0.3 is 5.97 Å². The molecule has 5 heteroatoms. The lowest BCUT2D eigenvalue weighted by Gasteiger charge is -2.14. The van der Waals surface area contributed by atoms with Gasteiger partial charge in [0.05, 0.1) is 6.54 Å². The Kier molecular flexibility index (Phi) is 6.85. The van der Waals surface area contributed by atoms with E-state index >= 15 is 0 Å². The summed E-state index contributed by atoms with van der Waals surface area (Å²) in [6, 6.07) is 0. The zero-order valence-corrected chi connectivity index (χ0v) is 13.0. The molecule has 0 aromatic heterocycles. The summed E-state index contributed by atoms with van der Waals surface area (Å²) in [7, 11) is 0. The molecule has 2 amide bonds. The van der Waals surface area contributed by atoms with Crippen molar-refractivity contribution in [1.82, 2.24) is 4.90 Å². The second-order valence-corrected chi connectivity index (χ2v) is 5.38. The fourth-order valence-corrected chi connectivity index (χ4v) is 2.00. The van der Waals surface area contributed by atoms with Gasteiger partial charge in [-0.15, -0.1) is 0 Å². The Balaban J connectivity index is 2.45.